The third-order valence-electron chi connectivity index (χ3n) is 7.18. The van der Waals surface area contributed by atoms with Gasteiger partial charge in [0, 0.05) is 43.4 Å². The molecule has 1 aliphatic heterocycles. The third-order valence-corrected chi connectivity index (χ3v) is 7.18. The van der Waals surface area contributed by atoms with Crippen molar-refractivity contribution in [2.24, 2.45) is 5.92 Å². The molecule has 8 nitrogen and oxygen atoms in total. The van der Waals surface area contributed by atoms with Gasteiger partial charge in [-0.3, -0.25) is 9.36 Å². The van der Waals surface area contributed by atoms with Gasteiger partial charge in [0.25, 0.3) is 0 Å². The standard InChI is InChI=1S/C29H33N7O/c1-34(2)19-25-17-31-27(23-12-9-20-6-3-4-7-22(20)16-23)36(25)26-13-14-30-29(33-26)32-24-8-5-15-35(18-24)28(37)21-10-11-21/h3-4,6-7,9,12-14,16-17,21,24H,5,8,10-11,15,18-19H2,1-2H3,(H,30,32,33)/t24-/m0/s1. The lowest BCUT2D eigenvalue weighted by Crippen LogP contribution is -2.45. The summed E-state index contributed by atoms with van der Waals surface area (Å²) in [5.74, 6) is 2.77. The maximum absolute atomic E-state index is 12.6. The second-order valence-corrected chi connectivity index (χ2v) is 10.5. The topological polar surface area (TPSA) is 79.2 Å². The predicted molar refractivity (Wildman–Crippen MR) is 145 cm³/mol. The molecule has 0 bridgehead atoms. The highest BCUT2D eigenvalue weighted by molar-refractivity contribution is 5.86. The van der Waals surface area contributed by atoms with Crippen molar-refractivity contribution < 1.29 is 4.79 Å². The molecule has 37 heavy (non-hydrogen) atoms. The van der Waals surface area contributed by atoms with Gasteiger partial charge in [0.1, 0.15) is 11.6 Å². The van der Waals surface area contributed by atoms with Crippen LogP contribution in [0.2, 0.25) is 0 Å². The van der Waals surface area contributed by atoms with E-state index >= 15 is 0 Å². The number of carbonyl (C=O) groups is 1. The molecule has 0 radical (unpaired) electrons. The van der Waals surface area contributed by atoms with Crippen molar-refractivity contribution >= 4 is 22.6 Å². The predicted octanol–water partition coefficient (Wildman–Crippen LogP) is 4.36. The molecule has 3 heterocycles. The highest BCUT2D eigenvalue weighted by Crippen LogP contribution is 2.32. The van der Waals surface area contributed by atoms with Crippen LogP contribution in [0.1, 0.15) is 31.4 Å². The van der Waals surface area contributed by atoms with Crippen molar-refractivity contribution in [3.63, 3.8) is 0 Å². The maximum Gasteiger partial charge on any atom is 0.225 e. The number of fused-ring (bicyclic) bond motifs is 1. The minimum absolute atomic E-state index is 0.149. The number of anilines is 1. The summed E-state index contributed by atoms with van der Waals surface area (Å²) in [7, 11) is 4.11. The number of amides is 1. The van der Waals surface area contributed by atoms with Gasteiger partial charge in [-0.2, -0.15) is 4.98 Å². The first kappa shape index (κ1) is 23.6. The number of nitrogens with one attached hydrogen (secondary N) is 1. The minimum atomic E-state index is 0.149. The molecular formula is C29H33N7O. The second-order valence-electron chi connectivity index (χ2n) is 10.5. The molecule has 8 heteroatoms. The lowest BCUT2D eigenvalue weighted by Gasteiger charge is -2.33. The van der Waals surface area contributed by atoms with Crippen molar-refractivity contribution in [3.8, 4) is 17.2 Å². The lowest BCUT2D eigenvalue weighted by atomic mass is 10.1. The molecule has 2 aromatic carbocycles. The number of hydrogen-bond acceptors (Lipinski definition) is 6. The SMILES string of the molecule is CN(C)Cc1cnc(-c2ccc3ccccc3c2)n1-c1ccnc(N[C@H]2CCCN(C(=O)C3CC3)C2)n1. The largest absolute Gasteiger partial charge is 0.350 e. The van der Waals surface area contributed by atoms with E-state index in [4.69, 9.17) is 9.97 Å². The number of carbonyl (C=O) groups excluding carboxylic acids is 1. The second kappa shape index (κ2) is 9.94. The zero-order valence-electron chi connectivity index (χ0n) is 21.5. The average molecular weight is 496 g/mol. The van der Waals surface area contributed by atoms with Crippen molar-refractivity contribution in [3.05, 3.63) is 66.6 Å². The van der Waals surface area contributed by atoms with Crippen LogP contribution in [0.3, 0.4) is 0 Å². The zero-order chi connectivity index (χ0) is 25.4. The van der Waals surface area contributed by atoms with Gasteiger partial charge in [-0.25, -0.2) is 9.97 Å². The Hall–Kier alpha value is -3.78. The summed E-state index contributed by atoms with van der Waals surface area (Å²) >= 11 is 0. The first-order valence-corrected chi connectivity index (χ1v) is 13.1. The Labute approximate surface area is 217 Å². The number of benzene rings is 2. The van der Waals surface area contributed by atoms with Crippen LogP contribution in [0.5, 0.6) is 0 Å². The number of rotatable bonds is 7. The molecule has 1 amide bonds. The zero-order valence-corrected chi connectivity index (χ0v) is 21.5. The summed E-state index contributed by atoms with van der Waals surface area (Å²) in [6.45, 7) is 2.29. The molecule has 1 aliphatic carbocycles. The monoisotopic (exact) mass is 495 g/mol. The average Bonchev–Trinajstić information content (AvgIpc) is 3.68. The Bertz CT molecular complexity index is 1420. The number of hydrogen-bond donors (Lipinski definition) is 1. The van der Waals surface area contributed by atoms with Gasteiger partial charge in [-0.05, 0) is 62.7 Å². The molecule has 0 spiro atoms. The molecule has 1 saturated carbocycles. The third kappa shape index (κ3) is 5.06. The van der Waals surface area contributed by atoms with Gasteiger partial charge in [-0.1, -0.05) is 36.4 Å². The molecule has 0 unspecified atom stereocenters. The molecule has 2 aliphatic rings. The van der Waals surface area contributed by atoms with E-state index in [-0.39, 0.29) is 12.0 Å². The normalized spacial score (nSPS) is 17.9. The maximum atomic E-state index is 12.6. The Balaban J connectivity index is 1.31. The number of piperidine rings is 1. The summed E-state index contributed by atoms with van der Waals surface area (Å²) in [6, 6.07) is 16.9. The fourth-order valence-electron chi connectivity index (χ4n) is 5.22. The van der Waals surface area contributed by atoms with Gasteiger partial charge in [0.2, 0.25) is 11.9 Å². The van der Waals surface area contributed by atoms with Gasteiger partial charge in [0.15, 0.2) is 0 Å². The highest BCUT2D eigenvalue weighted by atomic mass is 16.2. The minimum Gasteiger partial charge on any atom is -0.350 e. The van der Waals surface area contributed by atoms with Crippen LogP contribution in [0, 0.1) is 5.92 Å². The summed E-state index contributed by atoms with van der Waals surface area (Å²) in [4.78, 5) is 31.0. The molecule has 2 fully saturated rings. The van der Waals surface area contributed by atoms with E-state index in [0.717, 1.165) is 61.7 Å². The first-order chi connectivity index (χ1) is 18.0. The molecule has 1 N–H and O–H groups in total. The van der Waals surface area contributed by atoms with Crippen LogP contribution in [0.15, 0.2) is 60.9 Å². The van der Waals surface area contributed by atoms with Crippen molar-refractivity contribution in [2.75, 3.05) is 32.5 Å². The van der Waals surface area contributed by atoms with Crippen LogP contribution < -0.4 is 5.32 Å². The molecule has 1 saturated heterocycles. The summed E-state index contributed by atoms with van der Waals surface area (Å²) in [5.41, 5.74) is 2.09. The Morgan fingerprint density at radius 3 is 2.70 bits per heavy atom. The van der Waals surface area contributed by atoms with Crippen molar-refractivity contribution in [1.29, 1.82) is 0 Å². The van der Waals surface area contributed by atoms with E-state index in [0.29, 0.717) is 18.4 Å². The number of aromatic nitrogens is 4. The van der Waals surface area contributed by atoms with Crippen LogP contribution in [-0.2, 0) is 11.3 Å². The van der Waals surface area contributed by atoms with Crippen LogP contribution in [0.4, 0.5) is 5.95 Å². The molecule has 2 aromatic heterocycles. The summed E-state index contributed by atoms with van der Waals surface area (Å²) < 4.78 is 2.13. The fourth-order valence-corrected chi connectivity index (χ4v) is 5.22. The Morgan fingerprint density at radius 2 is 1.89 bits per heavy atom. The smallest absolute Gasteiger partial charge is 0.225 e. The van der Waals surface area contributed by atoms with Crippen molar-refractivity contribution in [1.82, 2.24) is 29.3 Å². The summed E-state index contributed by atoms with van der Waals surface area (Å²) in [6.07, 6.45) is 7.81. The quantitative estimate of drug-likeness (QED) is 0.411. The van der Waals surface area contributed by atoms with Crippen LogP contribution in [0.25, 0.3) is 28.0 Å². The highest BCUT2D eigenvalue weighted by Gasteiger charge is 2.35. The van der Waals surface area contributed by atoms with Crippen molar-refractivity contribution in [2.45, 2.75) is 38.3 Å². The van der Waals surface area contributed by atoms with Crippen LogP contribution in [-0.4, -0.2) is 68.5 Å². The van der Waals surface area contributed by atoms with Gasteiger partial charge < -0.3 is 15.1 Å². The fraction of sp³-hybridized carbons (Fsp3) is 0.379. The van der Waals surface area contributed by atoms with Crippen LogP contribution >= 0.6 is 0 Å². The lowest BCUT2D eigenvalue weighted by molar-refractivity contribution is -0.133. The summed E-state index contributed by atoms with van der Waals surface area (Å²) in [5, 5.41) is 5.89. The molecular weight excluding hydrogens is 462 g/mol. The number of nitrogens with zero attached hydrogens (tertiary/aromatic N) is 6. The Kier molecular flexibility index (Phi) is 6.34. The van der Waals surface area contributed by atoms with Gasteiger partial charge in [-0.15, -0.1) is 0 Å². The molecule has 4 aromatic rings. The van der Waals surface area contributed by atoms with E-state index in [1.807, 2.05) is 17.2 Å². The van der Waals surface area contributed by atoms with E-state index in [1.165, 1.54) is 10.8 Å². The molecule has 1 atom stereocenters. The van der Waals surface area contributed by atoms with E-state index < -0.39 is 0 Å². The first-order valence-electron chi connectivity index (χ1n) is 13.1. The molecule has 6 rings (SSSR count). The number of likely N-dealkylation sites (tertiary alicyclic amines) is 1. The van der Waals surface area contributed by atoms with Gasteiger partial charge >= 0.3 is 0 Å². The molecule has 190 valence electrons. The van der Waals surface area contributed by atoms with E-state index in [9.17, 15) is 4.79 Å². The number of imidazole rings is 1. The Morgan fingerprint density at radius 1 is 1.05 bits per heavy atom. The van der Waals surface area contributed by atoms with Gasteiger partial charge in [0.05, 0.1) is 11.9 Å². The van der Waals surface area contributed by atoms with E-state index in [1.54, 1.807) is 6.20 Å². The van der Waals surface area contributed by atoms with E-state index in [2.05, 4.69) is 76.3 Å².